The predicted molar refractivity (Wildman–Crippen MR) is 257 cm³/mol. The molecule has 0 amide bonds. The Morgan fingerprint density at radius 2 is 1.69 bits per heavy atom. The minimum Gasteiger partial charge on any atom is -0.496 e. The molecule has 2 bridgehead atoms. The Morgan fingerprint density at radius 3 is 2.35 bits per heavy atom. The lowest BCUT2D eigenvalue weighted by molar-refractivity contribution is -0.228. The van der Waals surface area contributed by atoms with E-state index in [1.807, 2.05) is 76.9 Å². The molecule has 1 saturated carbocycles. The maximum atomic E-state index is 15.6. The van der Waals surface area contributed by atoms with E-state index in [0.29, 0.717) is 87.5 Å². The number of nitrogens with one attached hydrogen (secondary N) is 1. The molecule has 5 aliphatic heterocycles. The highest BCUT2D eigenvalue weighted by atomic mass is 32.2. The number of H-pyrrole nitrogens is 1. The lowest BCUT2D eigenvalue weighted by atomic mass is 9.47. The monoisotopic (exact) mass is 956 g/mol. The highest BCUT2D eigenvalue weighted by Crippen LogP contribution is 2.68. The Kier molecular flexibility index (Phi) is 12.1. The van der Waals surface area contributed by atoms with Crippen molar-refractivity contribution in [1.82, 2.24) is 14.8 Å². The Morgan fingerprint density at radius 1 is 0.941 bits per heavy atom. The SMILES string of the molecule is CC[C@]1(O)CC2CN(CCc3c([nH]c4ccc(SCC(=O)OC(C)(C)C)cc34)[C@@](C(=O)OC)(c3cc4c(cc3OC)N(C)[C@H]3[C@@](O)(C(=O)OC)[C@H](OC(C)=O)[C@]5(CC)C=CCN6CC[C@]43[C@@H]65)C2)C1. The van der Waals surface area contributed by atoms with Gasteiger partial charge in [0.2, 0.25) is 5.60 Å². The highest BCUT2D eigenvalue weighted by Gasteiger charge is 2.80. The summed E-state index contributed by atoms with van der Waals surface area (Å²) in [5.74, 6) is -1.97. The van der Waals surface area contributed by atoms with Gasteiger partial charge in [-0.15, -0.1) is 11.8 Å². The smallest absolute Gasteiger partial charge is 0.344 e. The molecule has 0 radical (unpaired) electrons. The van der Waals surface area contributed by atoms with Crippen LogP contribution >= 0.6 is 11.8 Å². The van der Waals surface area contributed by atoms with Gasteiger partial charge in [-0.2, -0.15) is 0 Å². The number of hydrogen-bond donors (Lipinski definition) is 3. The predicted octanol–water partition coefficient (Wildman–Crippen LogP) is 5.42. The number of piperidine rings is 1. The van der Waals surface area contributed by atoms with Crippen LogP contribution in [0.1, 0.15) is 96.0 Å². The Labute approximate surface area is 403 Å². The van der Waals surface area contributed by atoms with Crippen molar-refractivity contribution in [1.29, 1.82) is 0 Å². The molecule has 1 aromatic heterocycles. The number of ether oxygens (including phenoxy) is 5. The average molecular weight is 957 g/mol. The van der Waals surface area contributed by atoms with Crippen molar-refractivity contribution in [3.05, 3.63) is 64.9 Å². The zero-order chi connectivity index (χ0) is 48.9. The second-order valence-electron chi connectivity index (χ2n) is 21.2. The number of nitrogens with zero attached hydrogens (tertiary/aromatic N) is 3. The maximum absolute atomic E-state index is 15.6. The van der Waals surface area contributed by atoms with E-state index < -0.39 is 63.1 Å². The van der Waals surface area contributed by atoms with Gasteiger partial charge in [0.15, 0.2) is 6.10 Å². The van der Waals surface area contributed by atoms with E-state index in [0.717, 1.165) is 26.9 Å². The van der Waals surface area contributed by atoms with Crippen molar-refractivity contribution in [2.75, 3.05) is 71.8 Å². The summed E-state index contributed by atoms with van der Waals surface area (Å²) in [5, 5.41) is 26.5. The first kappa shape index (κ1) is 48.4. The largest absolute Gasteiger partial charge is 0.496 e. The van der Waals surface area contributed by atoms with Crippen LogP contribution in [-0.4, -0.2) is 151 Å². The Bertz CT molecular complexity index is 2570. The van der Waals surface area contributed by atoms with Gasteiger partial charge in [-0.3, -0.25) is 24.2 Å². The molecule has 3 fully saturated rings. The number of aromatic amines is 1. The number of thioether (sulfide) groups is 1. The summed E-state index contributed by atoms with van der Waals surface area (Å²) >= 11 is 1.39. The second kappa shape index (κ2) is 17.1. The van der Waals surface area contributed by atoms with Crippen LogP contribution in [0.5, 0.6) is 5.75 Å². The van der Waals surface area contributed by atoms with Crippen LogP contribution < -0.4 is 9.64 Å². The van der Waals surface area contributed by atoms with Gasteiger partial charge in [0.05, 0.1) is 38.7 Å². The minimum absolute atomic E-state index is 0.121. The molecule has 68 heavy (non-hydrogen) atoms. The van der Waals surface area contributed by atoms with Crippen LogP contribution in [0.3, 0.4) is 0 Å². The van der Waals surface area contributed by atoms with Gasteiger partial charge < -0.3 is 43.8 Å². The highest BCUT2D eigenvalue weighted by molar-refractivity contribution is 8.00. The molecule has 10 atom stereocenters. The number of aliphatic hydroxyl groups is 2. The molecular weight excluding hydrogens is 889 g/mol. The molecule has 1 aliphatic carbocycles. The fraction of sp³-hybridized carbons (Fsp3) is 0.615. The summed E-state index contributed by atoms with van der Waals surface area (Å²) in [7, 11) is 6.08. The van der Waals surface area contributed by atoms with Crippen LogP contribution in [0.4, 0.5) is 5.69 Å². The quantitative estimate of drug-likeness (QED) is 0.101. The van der Waals surface area contributed by atoms with Crippen LogP contribution in [-0.2, 0) is 55.4 Å². The van der Waals surface area contributed by atoms with Crippen molar-refractivity contribution in [3.63, 3.8) is 0 Å². The number of benzene rings is 2. The van der Waals surface area contributed by atoms with Gasteiger partial charge in [0.1, 0.15) is 16.8 Å². The number of esters is 4. The van der Waals surface area contributed by atoms with Crippen molar-refractivity contribution < 1.29 is 53.1 Å². The van der Waals surface area contributed by atoms with Crippen LogP contribution in [0.2, 0.25) is 0 Å². The summed E-state index contributed by atoms with van der Waals surface area (Å²) in [6, 6.07) is 8.72. The number of anilines is 1. The first-order chi connectivity index (χ1) is 32.2. The third-order valence-electron chi connectivity index (χ3n) is 16.4. The summed E-state index contributed by atoms with van der Waals surface area (Å²) in [6.07, 6.45) is 5.55. The van der Waals surface area contributed by atoms with Gasteiger partial charge in [-0.05, 0) is 107 Å². The fourth-order valence-electron chi connectivity index (χ4n) is 14.1. The van der Waals surface area contributed by atoms with Gasteiger partial charge >= 0.3 is 23.9 Å². The first-order valence-electron chi connectivity index (χ1n) is 24.1. The average Bonchev–Trinajstić information content (AvgIpc) is 3.96. The number of fused-ring (bicyclic) bond motifs is 6. The zero-order valence-corrected chi connectivity index (χ0v) is 42.0. The number of methoxy groups -OCH3 is 3. The molecule has 368 valence electrons. The molecule has 3 N–H and O–H groups in total. The minimum atomic E-state index is -2.34. The molecule has 2 unspecified atom stereocenters. The molecule has 6 heterocycles. The van der Waals surface area contributed by atoms with Crippen molar-refractivity contribution >= 4 is 52.2 Å². The molecule has 16 heteroatoms. The second-order valence-corrected chi connectivity index (χ2v) is 22.3. The summed E-state index contributed by atoms with van der Waals surface area (Å²) < 4.78 is 29.8. The molecule has 2 aromatic carbocycles. The Balaban J connectivity index is 1.31. The molecular formula is C52H68N4O11S. The third-order valence-corrected chi connectivity index (χ3v) is 17.4. The van der Waals surface area contributed by atoms with Crippen molar-refractivity contribution in [2.24, 2.45) is 11.3 Å². The molecule has 2 saturated heterocycles. The molecule has 15 nitrogen and oxygen atoms in total. The third kappa shape index (κ3) is 7.11. The number of rotatable bonds is 10. The van der Waals surface area contributed by atoms with Crippen LogP contribution in [0.15, 0.2) is 47.4 Å². The zero-order valence-electron chi connectivity index (χ0n) is 41.2. The standard InChI is InChI=1S/C52H68N4O11S/c1-11-48(61)25-31-26-51(45(59)64-9,41-33(16-20-55(27-31)29-48)34-22-32(14-15-37(34)53-41)68-28-40(58)67-47(4,5)6)36-23-35-38(24-39(36)63-8)54(7)43-50(35)18-21-56-19-13-17-49(12-2,42(50)56)44(66-30(3)57)52(43,62)46(60)65-10/h13-15,17,22-24,31,42-44,53,61-62H,11-12,16,18-21,25-29H2,1-10H3/t31?,42-,43+,44+,48-,49+,50+,51-,52-/m0/s1. The van der Waals surface area contributed by atoms with Gasteiger partial charge in [-0.1, -0.05) is 26.0 Å². The van der Waals surface area contributed by atoms with Crippen molar-refractivity contribution in [2.45, 2.75) is 131 Å². The molecule has 6 aliphatic rings. The summed E-state index contributed by atoms with van der Waals surface area (Å²) in [4.78, 5) is 67.4. The normalized spacial score (nSPS) is 33.8. The number of aromatic nitrogens is 1. The van der Waals surface area contributed by atoms with E-state index >= 15 is 4.79 Å². The molecule has 3 aromatic rings. The summed E-state index contributed by atoms with van der Waals surface area (Å²) in [5.41, 5.74) is -2.96. The molecule has 9 rings (SSSR count). The van der Waals surface area contributed by atoms with Crippen LogP contribution in [0, 0.1) is 11.3 Å². The topological polar surface area (TPSA) is 180 Å². The van der Waals surface area contributed by atoms with E-state index in [1.165, 1.54) is 32.9 Å². The number of hydrogen-bond acceptors (Lipinski definition) is 15. The number of carbonyl (C=O) groups excluding carboxylic acids is 4. The van der Waals surface area contributed by atoms with Gasteiger partial charge in [0.25, 0.3) is 0 Å². The fourth-order valence-corrected chi connectivity index (χ4v) is 14.8. The van der Waals surface area contributed by atoms with Crippen LogP contribution in [0.25, 0.3) is 10.9 Å². The summed E-state index contributed by atoms with van der Waals surface area (Å²) in [6.45, 7) is 13.9. The number of likely N-dealkylation sites (N-methyl/N-ethyl adjacent to an activating group) is 1. The maximum Gasteiger partial charge on any atom is 0.344 e. The van der Waals surface area contributed by atoms with Crippen molar-refractivity contribution in [3.8, 4) is 5.75 Å². The van der Waals surface area contributed by atoms with Gasteiger partial charge in [-0.25, -0.2) is 4.79 Å². The lowest BCUT2D eigenvalue weighted by Crippen LogP contribution is -2.81. The van der Waals surface area contributed by atoms with Gasteiger partial charge in [0, 0.05) is 95.8 Å². The van der Waals surface area contributed by atoms with E-state index in [-0.39, 0.29) is 30.1 Å². The van der Waals surface area contributed by atoms with E-state index in [1.54, 1.807) is 7.11 Å². The van der Waals surface area contributed by atoms with E-state index in [9.17, 15) is 24.6 Å². The first-order valence-corrected chi connectivity index (χ1v) is 25.1. The van der Waals surface area contributed by atoms with E-state index in [4.69, 9.17) is 23.7 Å². The number of carbonyl (C=O) groups is 4. The lowest BCUT2D eigenvalue weighted by Gasteiger charge is -2.63. The Hall–Kier alpha value is -4.61. The van der Waals surface area contributed by atoms with E-state index in [2.05, 4.69) is 26.9 Å². The molecule has 1 spiro atoms.